The first kappa shape index (κ1) is 20.9. The highest BCUT2D eigenvalue weighted by Gasteiger charge is 2.38. The minimum Gasteiger partial charge on any atom is -0.497 e. The lowest BCUT2D eigenvalue weighted by atomic mass is 9.98. The third-order valence-electron chi connectivity index (χ3n) is 5.34. The van der Waals surface area contributed by atoms with E-state index < -0.39 is 16.1 Å². The fraction of sp³-hybridized carbons (Fsp3) is 0.208. The summed E-state index contributed by atoms with van der Waals surface area (Å²) in [6.45, 7) is 2.00. The number of hydrogen-bond acceptors (Lipinski definition) is 5. The highest BCUT2D eigenvalue weighted by Crippen LogP contribution is 2.39. The lowest BCUT2D eigenvalue weighted by Crippen LogP contribution is -2.27. The van der Waals surface area contributed by atoms with E-state index in [9.17, 15) is 8.42 Å². The first-order valence-corrected chi connectivity index (χ1v) is 11.3. The smallest absolute Gasteiger partial charge is 0.279 e. The number of nitrogens with zero attached hydrogens (tertiary/aromatic N) is 2. The maximum atomic E-state index is 13.5. The molecule has 1 heterocycles. The van der Waals surface area contributed by atoms with Gasteiger partial charge in [0.25, 0.3) is 10.0 Å². The molecule has 31 heavy (non-hydrogen) atoms. The molecule has 0 fully saturated rings. The van der Waals surface area contributed by atoms with Crippen molar-refractivity contribution in [3.05, 3.63) is 89.5 Å². The molecule has 160 valence electrons. The van der Waals surface area contributed by atoms with Crippen LogP contribution in [-0.2, 0) is 10.0 Å². The van der Waals surface area contributed by atoms with Crippen LogP contribution in [0.3, 0.4) is 0 Å². The summed E-state index contributed by atoms with van der Waals surface area (Å²) in [5, 5.41) is 4.60. The van der Waals surface area contributed by atoms with E-state index in [-0.39, 0.29) is 4.90 Å². The Kier molecular flexibility index (Phi) is 5.69. The zero-order valence-corrected chi connectivity index (χ0v) is 18.5. The molecule has 7 heteroatoms. The van der Waals surface area contributed by atoms with Gasteiger partial charge >= 0.3 is 0 Å². The van der Waals surface area contributed by atoms with E-state index >= 15 is 0 Å². The predicted molar refractivity (Wildman–Crippen MR) is 120 cm³/mol. The van der Waals surface area contributed by atoms with E-state index in [2.05, 4.69) is 5.10 Å². The van der Waals surface area contributed by atoms with Crippen LogP contribution in [0.5, 0.6) is 11.5 Å². The van der Waals surface area contributed by atoms with E-state index in [0.29, 0.717) is 29.2 Å². The lowest BCUT2D eigenvalue weighted by molar-refractivity contribution is 0.371. The fourth-order valence-corrected chi connectivity index (χ4v) is 5.10. The zero-order chi connectivity index (χ0) is 22.0. The first-order valence-electron chi connectivity index (χ1n) is 9.90. The Morgan fingerprint density at radius 2 is 1.65 bits per heavy atom. The van der Waals surface area contributed by atoms with Crippen molar-refractivity contribution in [2.24, 2.45) is 5.10 Å². The molecule has 0 radical (unpaired) electrons. The van der Waals surface area contributed by atoms with Gasteiger partial charge in [-0.15, -0.1) is 0 Å². The van der Waals surface area contributed by atoms with Gasteiger partial charge in [0.05, 0.1) is 30.9 Å². The average Bonchev–Trinajstić information content (AvgIpc) is 3.26. The van der Waals surface area contributed by atoms with Gasteiger partial charge in [0, 0.05) is 12.0 Å². The number of hydrazone groups is 1. The second-order valence-corrected chi connectivity index (χ2v) is 9.13. The highest BCUT2D eigenvalue weighted by molar-refractivity contribution is 7.89. The van der Waals surface area contributed by atoms with Crippen LogP contribution in [-0.4, -0.2) is 32.8 Å². The fourth-order valence-electron chi connectivity index (χ4n) is 3.65. The molecular formula is C24H24N2O4S. The van der Waals surface area contributed by atoms with E-state index in [0.717, 1.165) is 11.1 Å². The SMILES string of the molecule is COc1ccc(OC)c(C2=NN(S(=O)(=O)c3ccccc3)[C@@H](c3ccc(C)cc3)C2)c1. The van der Waals surface area contributed by atoms with Crippen molar-refractivity contribution in [1.82, 2.24) is 4.41 Å². The van der Waals surface area contributed by atoms with Gasteiger partial charge in [-0.2, -0.15) is 17.9 Å². The predicted octanol–water partition coefficient (Wildman–Crippen LogP) is 4.55. The molecule has 0 bridgehead atoms. The number of hydrogen-bond donors (Lipinski definition) is 0. The Morgan fingerprint density at radius 3 is 2.29 bits per heavy atom. The van der Waals surface area contributed by atoms with E-state index in [1.807, 2.05) is 37.3 Å². The van der Waals surface area contributed by atoms with Crippen molar-refractivity contribution in [3.63, 3.8) is 0 Å². The summed E-state index contributed by atoms with van der Waals surface area (Å²) in [4.78, 5) is 0.203. The average molecular weight is 437 g/mol. The third-order valence-corrected chi connectivity index (χ3v) is 7.04. The first-order chi connectivity index (χ1) is 14.9. The molecule has 0 saturated carbocycles. The number of sulfonamides is 1. The molecule has 0 N–H and O–H groups in total. The van der Waals surface area contributed by atoms with Crippen LogP contribution in [0.15, 0.2) is 82.8 Å². The van der Waals surface area contributed by atoms with Crippen molar-refractivity contribution in [2.45, 2.75) is 24.3 Å². The van der Waals surface area contributed by atoms with Gasteiger partial charge in [0.2, 0.25) is 0 Å². The van der Waals surface area contributed by atoms with Crippen molar-refractivity contribution in [2.75, 3.05) is 14.2 Å². The van der Waals surface area contributed by atoms with E-state index in [4.69, 9.17) is 9.47 Å². The summed E-state index contributed by atoms with van der Waals surface area (Å²) < 4.78 is 39.1. The molecule has 3 aromatic rings. The topological polar surface area (TPSA) is 68.2 Å². The van der Waals surface area contributed by atoms with Crippen LogP contribution in [0, 0.1) is 6.92 Å². The quantitative estimate of drug-likeness (QED) is 0.568. The molecule has 0 saturated heterocycles. The van der Waals surface area contributed by atoms with Crippen LogP contribution in [0.25, 0.3) is 0 Å². The lowest BCUT2D eigenvalue weighted by Gasteiger charge is -2.23. The molecule has 0 spiro atoms. The molecule has 6 nitrogen and oxygen atoms in total. The number of methoxy groups -OCH3 is 2. The molecule has 4 rings (SSSR count). The summed E-state index contributed by atoms with van der Waals surface area (Å²) in [5.41, 5.74) is 3.33. The Morgan fingerprint density at radius 1 is 0.935 bits per heavy atom. The van der Waals surface area contributed by atoms with Crippen LogP contribution >= 0.6 is 0 Å². The Hall–Kier alpha value is -3.32. The largest absolute Gasteiger partial charge is 0.497 e. The van der Waals surface area contributed by atoms with Crippen molar-refractivity contribution in [1.29, 1.82) is 0 Å². The molecule has 0 unspecified atom stereocenters. The normalized spacial score (nSPS) is 16.2. The molecule has 0 amide bonds. The van der Waals surface area contributed by atoms with Crippen LogP contribution in [0.1, 0.15) is 29.2 Å². The summed E-state index contributed by atoms with van der Waals surface area (Å²) in [6.07, 6.45) is 0.415. The van der Waals surface area contributed by atoms with Crippen LogP contribution < -0.4 is 9.47 Å². The molecule has 1 aliphatic heterocycles. The maximum absolute atomic E-state index is 13.5. The van der Waals surface area contributed by atoms with Crippen molar-refractivity contribution in [3.8, 4) is 11.5 Å². The number of benzene rings is 3. The molecule has 0 aromatic heterocycles. The highest BCUT2D eigenvalue weighted by atomic mass is 32.2. The summed E-state index contributed by atoms with van der Waals surface area (Å²) in [6, 6.07) is 21.2. The molecule has 0 aliphatic carbocycles. The second-order valence-electron chi connectivity index (χ2n) is 7.33. The summed E-state index contributed by atoms with van der Waals surface area (Å²) in [7, 11) is -0.682. The Bertz CT molecular complexity index is 1210. The molecule has 1 aliphatic rings. The van der Waals surface area contributed by atoms with Crippen LogP contribution in [0.2, 0.25) is 0 Å². The Balaban J connectivity index is 1.84. The van der Waals surface area contributed by atoms with E-state index in [1.54, 1.807) is 56.7 Å². The van der Waals surface area contributed by atoms with E-state index in [1.165, 1.54) is 4.41 Å². The van der Waals surface area contributed by atoms with Gasteiger partial charge in [0.15, 0.2) is 0 Å². The molecule has 1 atom stereocenters. The minimum absolute atomic E-state index is 0.203. The maximum Gasteiger partial charge on any atom is 0.279 e. The minimum atomic E-state index is -3.85. The standard InChI is InChI=1S/C24H24N2O4S/c1-17-9-11-18(12-10-17)23-16-22(21-15-19(29-2)13-14-24(21)30-3)25-26(23)31(27,28)20-7-5-4-6-8-20/h4-15,23H,16H2,1-3H3/t23-/m1/s1. The summed E-state index contributed by atoms with van der Waals surface area (Å²) in [5.74, 6) is 1.26. The van der Waals surface area contributed by atoms with Crippen LogP contribution in [0.4, 0.5) is 0 Å². The third kappa shape index (κ3) is 4.01. The van der Waals surface area contributed by atoms with Gasteiger partial charge in [-0.3, -0.25) is 0 Å². The van der Waals surface area contributed by atoms with Crippen molar-refractivity contribution >= 4 is 15.7 Å². The van der Waals surface area contributed by atoms with Gasteiger partial charge in [-0.1, -0.05) is 48.0 Å². The van der Waals surface area contributed by atoms with Crippen molar-refractivity contribution < 1.29 is 17.9 Å². The zero-order valence-electron chi connectivity index (χ0n) is 17.6. The second kappa shape index (κ2) is 8.43. The van der Waals surface area contributed by atoms with Gasteiger partial charge in [-0.25, -0.2) is 0 Å². The molecule has 3 aromatic carbocycles. The van der Waals surface area contributed by atoms with Gasteiger partial charge in [-0.05, 0) is 42.8 Å². The summed E-state index contributed by atoms with van der Waals surface area (Å²) >= 11 is 0. The Labute approximate surface area is 182 Å². The number of aryl methyl sites for hydroxylation is 1. The number of rotatable bonds is 6. The van der Waals surface area contributed by atoms with Gasteiger partial charge < -0.3 is 9.47 Å². The number of ether oxygens (including phenoxy) is 2. The molecular weight excluding hydrogens is 412 g/mol. The monoisotopic (exact) mass is 436 g/mol. The van der Waals surface area contributed by atoms with Gasteiger partial charge in [0.1, 0.15) is 11.5 Å².